The van der Waals surface area contributed by atoms with Crippen molar-refractivity contribution < 1.29 is 9.90 Å². The number of aliphatic hydroxyl groups is 1. The summed E-state index contributed by atoms with van der Waals surface area (Å²) in [5, 5.41) is 10.6. The van der Waals surface area contributed by atoms with Crippen LogP contribution in [-0.2, 0) is 4.79 Å². The third kappa shape index (κ3) is 1.97. The fourth-order valence-corrected chi connectivity index (χ4v) is 1.01. The summed E-state index contributed by atoms with van der Waals surface area (Å²) in [5.41, 5.74) is 3.66. The molecule has 1 amide bonds. The van der Waals surface area contributed by atoms with Crippen LogP contribution in [0.3, 0.4) is 0 Å². The molecule has 1 aliphatic rings. The maximum absolute atomic E-state index is 10.4. The molecule has 4 nitrogen and oxygen atoms in total. The van der Waals surface area contributed by atoms with Crippen LogP contribution >= 0.6 is 0 Å². The first-order chi connectivity index (χ1) is 4.68. The third-order valence-electron chi connectivity index (χ3n) is 1.42. The Balaban J connectivity index is 2.24. The Morgan fingerprint density at radius 2 is 2.50 bits per heavy atom. The summed E-state index contributed by atoms with van der Waals surface area (Å²) in [4.78, 5) is 10.4. The Morgan fingerprint density at radius 3 is 2.90 bits per heavy atom. The minimum absolute atomic E-state index is 0.200. The maximum atomic E-state index is 10.4. The first kappa shape index (κ1) is 7.50. The van der Waals surface area contributed by atoms with Crippen LogP contribution in [0.4, 0.5) is 0 Å². The molecule has 0 aromatic carbocycles. The second-order valence-corrected chi connectivity index (χ2v) is 2.47. The van der Waals surface area contributed by atoms with E-state index in [2.05, 4.69) is 5.43 Å². The van der Waals surface area contributed by atoms with Gasteiger partial charge in [0.1, 0.15) is 0 Å². The van der Waals surface area contributed by atoms with Gasteiger partial charge in [-0.3, -0.25) is 4.79 Å². The summed E-state index contributed by atoms with van der Waals surface area (Å²) in [6.45, 7) is 2.60. The predicted octanol–water partition coefficient (Wildman–Crippen LogP) is -0.881. The van der Waals surface area contributed by atoms with Gasteiger partial charge in [0.15, 0.2) is 0 Å². The smallest absolute Gasteiger partial charge is 0.254 e. The van der Waals surface area contributed by atoms with Gasteiger partial charge in [0.2, 0.25) is 0 Å². The van der Waals surface area contributed by atoms with Crippen LogP contribution < -0.4 is 5.43 Å². The molecule has 1 rings (SSSR count). The highest BCUT2D eigenvalue weighted by atomic mass is 16.3. The topological polar surface area (TPSA) is 54.6 Å². The summed E-state index contributed by atoms with van der Waals surface area (Å²) in [7, 11) is 0. The van der Waals surface area contributed by atoms with Gasteiger partial charge in [0, 0.05) is 20.0 Å². The zero-order chi connectivity index (χ0) is 7.56. The van der Waals surface area contributed by atoms with Crippen molar-refractivity contribution in [1.82, 2.24) is 10.4 Å². The van der Waals surface area contributed by atoms with E-state index in [1.807, 2.05) is 0 Å². The molecule has 0 bridgehead atoms. The summed E-state index contributed by atoms with van der Waals surface area (Å²) in [5.74, 6) is -0.200. The molecule has 1 atom stereocenters. The summed E-state index contributed by atoms with van der Waals surface area (Å²) < 4.78 is 0. The van der Waals surface area contributed by atoms with Crippen molar-refractivity contribution in [2.24, 2.45) is 0 Å². The van der Waals surface area contributed by atoms with E-state index in [1.165, 1.54) is 6.92 Å². The van der Waals surface area contributed by atoms with Crippen molar-refractivity contribution in [3.05, 3.63) is 0 Å². The van der Waals surface area contributed by atoms with Gasteiger partial charge in [-0.1, -0.05) is 0 Å². The number of hydrogen-bond donors (Lipinski definition) is 1. The number of rotatable bonds is 1. The van der Waals surface area contributed by atoms with Gasteiger partial charge in [-0.05, 0) is 6.42 Å². The quantitative estimate of drug-likeness (QED) is 0.518. The highest BCUT2D eigenvalue weighted by molar-refractivity contribution is 5.71. The number of hydrogen-bond acceptors (Lipinski definition) is 3. The Bertz CT molecular complexity index is 138. The van der Waals surface area contributed by atoms with Crippen molar-refractivity contribution in [2.75, 3.05) is 13.1 Å². The van der Waals surface area contributed by atoms with E-state index in [0.29, 0.717) is 13.1 Å². The van der Waals surface area contributed by atoms with Crippen LogP contribution in [0, 0.1) is 0 Å². The molecule has 1 radical (unpaired) electrons. The Labute approximate surface area is 59.8 Å². The van der Waals surface area contributed by atoms with E-state index in [-0.39, 0.29) is 12.0 Å². The number of nitrogens with zero attached hydrogens (tertiary/aromatic N) is 2. The number of carbonyl (C=O) groups is 1. The van der Waals surface area contributed by atoms with Gasteiger partial charge in [-0.15, -0.1) is 0 Å². The zero-order valence-electron chi connectivity index (χ0n) is 5.95. The third-order valence-corrected chi connectivity index (χ3v) is 1.42. The van der Waals surface area contributed by atoms with E-state index in [4.69, 9.17) is 5.11 Å². The normalized spacial score (nSPS) is 26.8. The molecule has 0 aromatic rings. The minimum atomic E-state index is -0.303. The second-order valence-electron chi connectivity index (χ2n) is 2.47. The highest BCUT2D eigenvalue weighted by Gasteiger charge is 2.21. The molecule has 1 unspecified atom stereocenters. The SMILES string of the molecule is CC(=O)[N]N1CCC(O)C1. The Morgan fingerprint density at radius 1 is 1.80 bits per heavy atom. The standard InChI is InChI=1S/C6H11N2O2/c1-5(9)7-8-3-2-6(10)4-8/h6,10H,2-4H2,1H3. The van der Waals surface area contributed by atoms with E-state index >= 15 is 0 Å². The van der Waals surface area contributed by atoms with Crippen molar-refractivity contribution in [1.29, 1.82) is 0 Å². The van der Waals surface area contributed by atoms with Crippen molar-refractivity contribution in [3.8, 4) is 0 Å². The molecular weight excluding hydrogens is 132 g/mol. The molecule has 1 N–H and O–H groups in total. The van der Waals surface area contributed by atoms with Gasteiger partial charge in [-0.2, -0.15) is 10.4 Å². The zero-order valence-corrected chi connectivity index (χ0v) is 5.95. The van der Waals surface area contributed by atoms with E-state index in [1.54, 1.807) is 5.01 Å². The van der Waals surface area contributed by atoms with Gasteiger partial charge < -0.3 is 5.11 Å². The maximum Gasteiger partial charge on any atom is 0.254 e. The molecule has 4 heteroatoms. The molecule has 1 fully saturated rings. The van der Waals surface area contributed by atoms with Gasteiger partial charge in [0.05, 0.1) is 6.10 Å². The molecule has 0 saturated carbocycles. The first-order valence-corrected chi connectivity index (χ1v) is 3.33. The van der Waals surface area contributed by atoms with E-state index in [9.17, 15) is 4.79 Å². The lowest BCUT2D eigenvalue weighted by atomic mass is 10.3. The lowest BCUT2D eigenvalue weighted by Crippen LogP contribution is -2.33. The molecule has 1 saturated heterocycles. The highest BCUT2D eigenvalue weighted by Crippen LogP contribution is 2.05. The van der Waals surface area contributed by atoms with Crippen molar-refractivity contribution in [2.45, 2.75) is 19.4 Å². The van der Waals surface area contributed by atoms with Crippen LogP contribution in [0.25, 0.3) is 0 Å². The average Bonchev–Trinajstić information content (AvgIpc) is 2.13. The van der Waals surface area contributed by atoms with Gasteiger partial charge >= 0.3 is 0 Å². The molecule has 1 aliphatic heterocycles. The number of carbonyl (C=O) groups excluding carboxylic acids is 1. The van der Waals surface area contributed by atoms with E-state index in [0.717, 1.165) is 6.42 Å². The van der Waals surface area contributed by atoms with Crippen LogP contribution in [0.15, 0.2) is 0 Å². The summed E-state index contributed by atoms with van der Waals surface area (Å²) in [6, 6.07) is 0. The van der Waals surface area contributed by atoms with Crippen LogP contribution in [-0.4, -0.2) is 35.2 Å². The van der Waals surface area contributed by atoms with Crippen LogP contribution in [0.5, 0.6) is 0 Å². The number of aliphatic hydroxyl groups excluding tert-OH is 1. The molecule has 57 valence electrons. The molecule has 0 spiro atoms. The molecule has 10 heavy (non-hydrogen) atoms. The number of amides is 1. The summed E-state index contributed by atoms with van der Waals surface area (Å²) in [6.07, 6.45) is 0.416. The summed E-state index contributed by atoms with van der Waals surface area (Å²) >= 11 is 0. The Hall–Kier alpha value is -0.610. The van der Waals surface area contributed by atoms with Gasteiger partial charge in [-0.25, -0.2) is 0 Å². The minimum Gasteiger partial charge on any atom is -0.392 e. The fourth-order valence-electron chi connectivity index (χ4n) is 1.01. The lowest BCUT2D eigenvalue weighted by molar-refractivity contribution is -0.123. The molecule has 0 aliphatic carbocycles. The van der Waals surface area contributed by atoms with Crippen LogP contribution in [0.1, 0.15) is 13.3 Å². The second kappa shape index (κ2) is 2.98. The van der Waals surface area contributed by atoms with Crippen LogP contribution in [0.2, 0.25) is 0 Å². The van der Waals surface area contributed by atoms with Gasteiger partial charge in [0.25, 0.3) is 5.91 Å². The monoisotopic (exact) mass is 143 g/mol. The van der Waals surface area contributed by atoms with Crippen molar-refractivity contribution >= 4 is 5.91 Å². The average molecular weight is 143 g/mol. The van der Waals surface area contributed by atoms with E-state index < -0.39 is 0 Å². The number of β-amino-alcohol motifs (C(OH)–C–C–N with tert-alkyl or cyclic N) is 1. The fraction of sp³-hybridized carbons (Fsp3) is 0.833. The predicted molar refractivity (Wildman–Crippen MR) is 35.0 cm³/mol. The first-order valence-electron chi connectivity index (χ1n) is 3.33. The molecule has 1 heterocycles. The largest absolute Gasteiger partial charge is 0.392 e. The molecular formula is C6H11N2O2. The molecule has 0 aromatic heterocycles. The van der Waals surface area contributed by atoms with Crippen molar-refractivity contribution in [3.63, 3.8) is 0 Å². The lowest BCUT2D eigenvalue weighted by Gasteiger charge is -2.09. The Kier molecular flexibility index (Phi) is 2.24.